The summed E-state index contributed by atoms with van der Waals surface area (Å²) in [5.41, 5.74) is -1.32. The average molecular weight is 623 g/mol. The number of halogens is 5. The van der Waals surface area contributed by atoms with Gasteiger partial charge in [0.1, 0.15) is 17.3 Å². The van der Waals surface area contributed by atoms with Crippen molar-refractivity contribution in [2.24, 2.45) is 17.8 Å². The molecule has 1 saturated heterocycles. The molecule has 1 aromatic carbocycles. The van der Waals surface area contributed by atoms with Gasteiger partial charge in [0.05, 0.1) is 30.4 Å². The first-order valence-electron chi connectivity index (χ1n) is 14.5. The van der Waals surface area contributed by atoms with E-state index in [4.69, 9.17) is 21.7 Å². The van der Waals surface area contributed by atoms with Gasteiger partial charge in [-0.1, -0.05) is 17.7 Å². The van der Waals surface area contributed by atoms with E-state index >= 15 is 0 Å². The first-order valence-corrected chi connectivity index (χ1v) is 14.9. The standard InChI is InChI=1S/C30H35ClF4N6O2/c1-37-26-6-10-41(17-24(26)28(36)30(33,34)35)27(42)13-20-2-3-22(14-25(20)32)43-11-7-19-12-23(19)18-4-8-40(9-5-18)29-38-15-21(31)16-39-29/h2-3,14-16,18-19,23,36-37H,4-13,17H2,1H3/t19-,23?/m1/s1. The van der Waals surface area contributed by atoms with Crippen LogP contribution >= 0.6 is 11.6 Å². The van der Waals surface area contributed by atoms with E-state index in [1.165, 1.54) is 30.5 Å². The number of hydrogen-bond donors (Lipinski definition) is 2. The Bertz CT molecular complexity index is 1360. The maximum Gasteiger partial charge on any atom is 0.433 e. The summed E-state index contributed by atoms with van der Waals surface area (Å²) in [6.07, 6.45) is 2.53. The Morgan fingerprint density at radius 2 is 1.91 bits per heavy atom. The SMILES string of the molecule is CNC1=C(C(=N)C(F)(F)F)CN(C(=O)Cc2ccc(OCC[C@@H]3CC3C3CCN(c4ncc(Cl)cn4)CC3)cc2F)CC1. The van der Waals surface area contributed by atoms with Crippen LogP contribution < -0.4 is 15.0 Å². The summed E-state index contributed by atoms with van der Waals surface area (Å²) in [5.74, 6) is 1.93. The Labute approximate surface area is 253 Å². The molecular weight excluding hydrogens is 588 g/mol. The highest BCUT2D eigenvalue weighted by Gasteiger charge is 2.43. The summed E-state index contributed by atoms with van der Waals surface area (Å²) in [6.45, 7) is 2.14. The van der Waals surface area contributed by atoms with Crippen LogP contribution in [0.1, 0.15) is 37.7 Å². The van der Waals surface area contributed by atoms with Crippen molar-refractivity contribution in [2.75, 3.05) is 44.7 Å². The van der Waals surface area contributed by atoms with E-state index in [0.717, 1.165) is 38.3 Å². The number of hydrogen-bond acceptors (Lipinski definition) is 7. The van der Waals surface area contributed by atoms with Gasteiger partial charge in [-0.05, 0) is 55.1 Å². The Morgan fingerprint density at radius 3 is 2.56 bits per heavy atom. The highest BCUT2D eigenvalue weighted by atomic mass is 35.5. The number of carbonyl (C=O) groups excluding carboxylic acids is 1. The molecule has 1 saturated carbocycles. The highest BCUT2D eigenvalue weighted by Crippen LogP contribution is 2.50. The number of ether oxygens (including phenoxy) is 1. The van der Waals surface area contributed by atoms with E-state index < -0.39 is 23.6 Å². The number of nitrogens with one attached hydrogen (secondary N) is 2. The summed E-state index contributed by atoms with van der Waals surface area (Å²) < 4.78 is 60.2. The predicted octanol–water partition coefficient (Wildman–Crippen LogP) is 5.42. The van der Waals surface area contributed by atoms with E-state index in [2.05, 4.69) is 20.2 Å². The number of aromatic nitrogens is 2. The molecule has 43 heavy (non-hydrogen) atoms. The molecule has 0 radical (unpaired) electrons. The van der Waals surface area contributed by atoms with Gasteiger partial charge in [0.15, 0.2) is 0 Å². The smallest absolute Gasteiger partial charge is 0.433 e. The molecule has 1 amide bonds. The minimum atomic E-state index is -4.82. The van der Waals surface area contributed by atoms with Crippen molar-refractivity contribution in [2.45, 2.75) is 44.7 Å². The third-order valence-electron chi connectivity index (χ3n) is 8.72. The number of anilines is 1. The van der Waals surface area contributed by atoms with Crippen molar-refractivity contribution in [3.63, 3.8) is 0 Å². The molecule has 8 nitrogen and oxygen atoms in total. The number of amides is 1. The molecule has 2 aromatic rings. The first kappa shape index (κ1) is 31.0. The van der Waals surface area contributed by atoms with Gasteiger partial charge < -0.3 is 19.9 Å². The molecule has 2 atom stereocenters. The van der Waals surface area contributed by atoms with Crippen LogP contribution in [0.2, 0.25) is 5.02 Å². The molecule has 232 valence electrons. The van der Waals surface area contributed by atoms with Crippen LogP contribution in [-0.4, -0.2) is 72.5 Å². The van der Waals surface area contributed by atoms with Gasteiger partial charge in [0.25, 0.3) is 0 Å². The summed E-state index contributed by atoms with van der Waals surface area (Å²) >= 11 is 5.89. The Morgan fingerprint density at radius 1 is 1.19 bits per heavy atom. The molecule has 1 aromatic heterocycles. The van der Waals surface area contributed by atoms with Gasteiger partial charge in [-0.2, -0.15) is 13.2 Å². The van der Waals surface area contributed by atoms with Gasteiger partial charge in [-0.25, -0.2) is 14.4 Å². The quantitative estimate of drug-likeness (QED) is 0.272. The van der Waals surface area contributed by atoms with Gasteiger partial charge in [-0.15, -0.1) is 0 Å². The number of nitrogens with zero attached hydrogens (tertiary/aromatic N) is 4. The van der Waals surface area contributed by atoms with Crippen molar-refractivity contribution < 1.29 is 27.1 Å². The predicted molar refractivity (Wildman–Crippen MR) is 155 cm³/mol. The van der Waals surface area contributed by atoms with E-state index in [0.29, 0.717) is 35.1 Å². The third kappa shape index (κ3) is 7.57. The summed E-state index contributed by atoms with van der Waals surface area (Å²) in [4.78, 5) is 24.9. The molecule has 3 aliphatic rings. The van der Waals surface area contributed by atoms with Crippen molar-refractivity contribution in [3.05, 3.63) is 58.3 Å². The van der Waals surface area contributed by atoms with Gasteiger partial charge in [0, 0.05) is 57.0 Å². The molecule has 1 unspecified atom stereocenters. The molecule has 2 fully saturated rings. The molecule has 0 bridgehead atoms. The molecule has 1 aliphatic carbocycles. The Hall–Kier alpha value is -3.41. The zero-order valence-electron chi connectivity index (χ0n) is 23.9. The van der Waals surface area contributed by atoms with E-state index in [-0.39, 0.29) is 42.8 Å². The fourth-order valence-corrected chi connectivity index (χ4v) is 6.29. The number of alkyl halides is 3. The third-order valence-corrected chi connectivity index (χ3v) is 8.92. The minimum Gasteiger partial charge on any atom is -0.493 e. The number of piperidine rings is 1. The summed E-state index contributed by atoms with van der Waals surface area (Å²) in [5, 5.41) is 10.8. The molecule has 2 N–H and O–H groups in total. The molecule has 3 heterocycles. The zero-order chi connectivity index (χ0) is 30.7. The lowest BCUT2D eigenvalue weighted by atomic mass is 9.90. The molecule has 0 spiro atoms. The fourth-order valence-electron chi connectivity index (χ4n) is 6.19. The van der Waals surface area contributed by atoms with Gasteiger partial charge in [0.2, 0.25) is 11.9 Å². The lowest BCUT2D eigenvalue weighted by Crippen LogP contribution is -2.43. The number of carbonyl (C=O) groups is 1. The molecule has 13 heteroatoms. The highest BCUT2D eigenvalue weighted by molar-refractivity contribution is 6.30. The van der Waals surface area contributed by atoms with Crippen LogP contribution in [0.25, 0.3) is 0 Å². The van der Waals surface area contributed by atoms with E-state index in [1.54, 1.807) is 18.5 Å². The lowest BCUT2D eigenvalue weighted by molar-refractivity contribution is -0.130. The lowest BCUT2D eigenvalue weighted by Gasteiger charge is -2.32. The second-order valence-electron chi connectivity index (χ2n) is 11.4. The van der Waals surface area contributed by atoms with Crippen LogP contribution in [-0.2, 0) is 11.2 Å². The number of rotatable bonds is 10. The zero-order valence-corrected chi connectivity index (χ0v) is 24.6. The molecule has 2 aliphatic heterocycles. The largest absolute Gasteiger partial charge is 0.493 e. The van der Waals surface area contributed by atoms with Gasteiger partial charge in [-0.3, -0.25) is 10.2 Å². The van der Waals surface area contributed by atoms with Crippen molar-refractivity contribution in [3.8, 4) is 5.75 Å². The van der Waals surface area contributed by atoms with Crippen LogP contribution in [0.15, 0.2) is 41.9 Å². The maximum absolute atomic E-state index is 14.9. The Kier molecular flexibility index (Phi) is 9.43. The average Bonchev–Trinajstić information content (AvgIpc) is 3.77. The summed E-state index contributed by atoms with van der Waals surface area (Å²) in [7, 11) is 1.49. The van der Waals surface area contributed by atoms with Crippen molar-refractivity contribution in [1.29, 1.82) is 5.41 Å². The maximum atomic E-state index is 14.9. The van der Waals surface area contributed by atoms with Crippen LogP contribution in [0.5, 0.6) is 5.75 Å². The molecular formula is C30H35ClF4N6O2. The minimum absolute atomic E-state index is 0.144. The van der Waals surface area contributed by atoms with E-state index in [1.807, 2.05) is 0 Å². The van der Waals surface area contributed by atoms with Crippen molar-refractivity contribution >= 4 is 29.2 Å². The van der Waals surface area contributed by atoms with Crippen LogP contribution in [0.3, 0.4) is 0 Å². The van der Waals surface area contributed by atoms with Crippen LogP contribution in [0.4, 0.5) is 23.5 Å². The van der Waals surface area contributed by atoms with Gasteiger partial charge >= 0.3 is 6.18 Å². The topological polar surface area (TPSA) is 94.4 Å². The normalized spacial score (nSPS) is 21.2. The van der Waals surface area contributed by atoms with Crippen molar-refractivity contribution in [1.82, 2.24) is 20.2 Å². The summed E-state index contributed by atoms with van der Waals surface area (Å²) in [6, 6.07) is 4.35. The molecule has 5 rings (SSSR count). The Balaban J connectivity index is 1.05. The number of benzene rings is 1. The fraction of sp³-hybridized carbons (Fsp3) is 0.533. The second kappa shape index (κ2) is 13.1. The first-order chi connectivity index (χ1) is 20.5. The van der Waals surface area contributed by atoms with Crippen LogP contribution in [0, 0.1) is 29.0 Å². The van der Waals surface area contributed by atoms with E-state index in [9.17, 15) is 22.4 Å². The second-order valence-corrected chi connectivity index (χ2v) is 11.8. The monoisotopic (exact) mass is 622 g/mol.